The molecule has 0 spiro atoms. The average Bonchev–Trinajstić information content (AvgIpc) is 3.18. The number of rotatable bonds is 7. The first kappa shape index (κ1) is 20.3. The minimum absolute atomic E-state index is 0.0730. The molecular weight excluding hydrogens is 411 g/mol. The van der Waals surface area contributed by atoms with Gasteiger partial charge < -0.3 is 15.0 Å². The first-order chi connectivity index (χ1) is 15.5. The fourth-order valence-corrected chi connectivity index (χ4v) is 3.95. The number of imidazole rings is 1. The monoisotopic (exact) mass is 434 g/mol. The van der Waals surface area contributed by atoms with Gasteiger partial charge in [-0.2, -0.15) is 0 Å². The molecule has 2 N–H and O–H groups in total. The van der Waals surface area contributed by atoms with Gasteiger partial charge in [0.05, 0.1) is 12.2 Å². The van der Waals surface area contributed by atoms with Crippen molar-refractivity contribution < 1.29 is 9.18 Å². The summed E-state index contributed by atoms with van der Waals surface area (Å²) in [7, 11) is 0. The largest absolute Gasteiger partial charge is 0.345 e. The summed E-state index contributed by atoms with van der Waals surface area (Å²) in [6.07, 6.45) is 6.16. The summed E-state index contributed by atoms with van der Waals surface area (Å²) in [5, 5.41) is 6.16. The van der Waals surface area contributed by atoms with E-state index in [4.69, 9.17) is 0 Å². The maximum Gasteiger partial charge on any atom is 0.270 e. The molecule has 1 aliphatic rings. The van der Waals surface area contributed by atoms with Crippen molar-refractivity contribution in [1.29, 1.82) is 0 Å². The molecule has 1 fully saturated rings. The Kier molecular flexibility index (Phi) is 5.40. The van der Waals surface area contributed by atoms with Gasteiger partial charge in [-0.05, 0) is 49.1 Å². The SMILES string of the molecule is O=C(NCc1cn2cc(CNC[C@H]3C[C@H](F)C3)ccc2n1)c1cc(=O)n2ccccc2n1. The number of hydrogen-bond acceptors (Lipinski definition) is 5. The molecule has 0 saturated heterocycles. The summed E-state index contributed by atoms with van der Waals surface area (Å²) >= 11 is 0. The van der Waals surface area contributed by atoms with Gasteiger partial charge in [0.1, 0.15) is 23.2 Å². The second-order valence-corrected chi connectivity index (χ2v) is 8.19. The Morgan fingerprint density at radius 3 is 2.81 bits per heavy atom. The van der Waals surface area contributed by atoms with E-state index in [9.17, 15) is 14.0 Å². The van der Waals surface area contributed by atoms with Crippen molar-refractivity contribution in [2.45, 2.75) is 32.1 Å². The van der Waals surface area contributed by atoms with Gasteiger partial charge in [0.25, 0.3) is 11.5 Å². The van der Waals surface area contributed by atoms with Crippen molar-refractivity contribution in [3.8, 4) is 0 Å². The van der Waals surface area contributed by atoms with Gasteiger partial charge >= 0.3 is 0 Å². The van der Waals surface area contributed by atoms with E-state index in [1.807, 2.05) is 28.9 Å². The Balaban J connectivity index is 1.21. The number of nitrogens with one attached hydrogen (secondary N) is 2. The number of hydrogen-bond donors (Lipinski definition) is 2. The van der Waals surface area contributed by atoms with E-state index >= 15 is 0 Å². The number of aromatic nitrogens is 4. The quantitative estimate of drug-likeness (QED) is 0.465. The molecule has 0 atom stereocenters. The topological polar surface area (TPSA) is 92.8 Å². The third-order valence-electron chi connectivity index (χ3n) is 5.74. The van der Waals surface area contributed by atoms with Crippen LogP contribution in [0, 0.1) is 5.92 Å². The first-order valence-electron chi connectivity index (χ1n) is 10.6. The molecule has 4 heterocycles. The fourth-order valence-electron chi connectivity index (χ4n) is 3.95. The molecule has 164 valence electrons. The number of nitrogens with zero attached hydrogens (tertiary/aromatic N) is 4. The summed E-state index contributed by atoms with van der Waals surface area (Å²) in [4.78, 5) is 33.5. The van der Waals surface area contributed by atoms with Crippen LogP contribution in [0.3, 0.4) is 0 Å². The van der Waals surface area contributed by atoms with Gasteiger partial charge in [0.2, 0.25) is 0 Å². The maximum atomic E-state index is 12.9. The van der Waals surface area contributed by atoms with Gasteiger partial charge in [0, 0.05) is 31.2 Å². The van der Waals surface area contributed by atoms with Crippen LogP contribution < -0.4 is 16.2 Å². The minimum atomic E-state index is -0.624. The summed E-state index contributed by atoms with van der Waals surface area (Å²) in [5.41, 5.74) is 2.76. The second-order valence-electron chi connectivity index (χ2n) is 8.19. The normalized spacial score (nSPS) is 18.0. The zero-order valence-corrected chi connectivity index (χ0v) is 17.4. The molecular formula is C23H23FN6O2. The van der Waals surface area contributed by atoms with Crippen molar-refractivity contribution in [3.63, 3.8) is 0 Å². The first-order valence-corrected chi connectivity index (χ1v) is 10.6. The van der Waals surface area contributed by atoms with E-state index in [1.165, 1.54) is 10.5 Å². The van der Waals surface area contributed by atoms with Crippen LogP contribution in [0.5, 0.6) is 0 Å². The van der Waals surface area contributed by atoms with Crippen LogP contribution in [0.25, 0.3) is 11.3 Å². The Hall–Kier alpha value is -3.59. The van der Waals surface area contributed by atoms with Gasteiger partial charge in [-0.15, -0.1) is 0 Å². The zero-order chi connectivity index (χ0) is 22.1. The molecule has 4 aromatic rings. The highest BCUT2D eigenvalue weighted by Crippen LogP contribution is 2.29. The van der Waals surface area contributed by atoms with Gasteiger partial charge in [-0.1, -0.05) is 12.1 Å². The predicted octanol–water partition coefficient (Wildman–Crippen LogP) is 2.11. The van der Waals surface area contributed by atoms with Crippen LogP contribution >= 0.6 is 0 Å². The standard InChI is InChI=1S/C23H23FN6O2/c24-17-7-16(8-17)11-25-10-15-4-5-20-27-18(14-29(20)13-15)12-26-23(32)19-9-22(31)30-6-2-1-3-21(30)28-19/h1-6,9,13-14,16-17,25H,7-8,10-12H2,(H,26,32)/t16-,17-. The van der Waals surface area contributed by atoms with Crippen molar-refractivity contribution in [3.05, 3.63) is 82.3 Å². The Morgan fingerprint density at radius 2 is 1.97 bits per heavy atom. The number of carbonyl (C=O) groups excluding carboxylic acids is 1. The Labute approximate surface area is 183 Å². The van der Waals surface area contributed by atoms with Crippen molar-refractivity contribution in [2.24, 2.45) is 5.92 Å². The van der Waals surface area contributed by atoms with Crippen LogP contribution in [0.2, 0.25) is 0 Å². The van der Waals surface area contributed by atoms with Crippen LogP contribution in [0.4, 0.5) is 4.39 Å². The van der Waals surface area contributed by atoms with E-state index in [0.29, 0.717) is 36.6 Å². The second kappa shape index (κ2) is 8.51. The molecule has 5 rings (SSSR count). The van der Waals surface area contributed by atoms with E-state index in [0.717, 1.165) is 17.8 Å². The van der Waals surface area contributed by atoms with E-state index in [2.05, 4.69) is 20.6 Å². The third-order valence-corrected chi connectivity index (χ3v) is 5.74. The lowest BCUT2D eigenvalue weighted by Gasteiger charge is -2.29. The maximum absolute atomic E-state index is 12.9. The van der Waals surface area contributed by atoms with Crippen LogP contribution in [-0.4, -0.2) is 37.4 Å². The Morgan fingerprint density at radius 1 is 1.09 bits per heavy atom. The molecule has 1 aliphatic carbocycles. The number of alkyl halides is 1. The van der Waals surface area contributed by atoms with Crippen LogP contribution in [0.15, 0.2) is 59.8 Å². The summed E-state index contributed by atoms with van der Waals surface area (Å²) in [5.74, 6) is 0.00693. The highest BCUT2D eigenvalue weighted by molar-refractivity contribution is 5.92. The highest BCUT2D eigenvalue weighted by Gasteiger charge is 2.28. The molecule has 0 bridgehead atoms. The van der Waals surface area contributed by atoms with Gasteiger partial charge in [-0.25, -0.2) is 14.4 Å². The minimum Gasteiger partial charge on any atom is -0.345 e. The molecule has 8 nitrogen and oxygen atoms in total. The number of amides is 1. The van der Waals surface area contributed by atoms with Crippen LogP contribution in [-0.2, 0) is 13.1 Å². The van der Waals surface area contributed by atoms with Crippen molar-refractivity contribution >= 4 is 17.2 Å². The summed E-state index contributed by atoms with van der Waals surface area (Å²) < 4.78 is 16.2. The van der Waals surface area contributed by atoms with Crippen molar-refractivity contribution in [2.75, 3.05) is 6.54 Å². The number of halogens is 1. The van der Waals surface area contributed by atoms with Crippen molar-refractivity contribution in [1.82, 2.24) is 29.4 Å². The molecule has 9 heteroatoms. The number of fused-ring (bicyclic) bond motifs is 2. The Bertz CT molecular complexity index is 1340. The van der Waals surface area contributed by atoms with E-state index in [1.54, 1.807) is 24.4 Å². The molecule has 1 amide bonds. The average molecular weight is 434 g/mol. The summed E-state index contributed by atoms with van der Waals surface area (Å²) in [6.45, 7) is 1.75. The molecule has 0 aromatic carbocycles. The lowest BCUT2D eigenvalue weighted by atomic mass is 9.83. The smallest absolute Gasteiger partial charge is 0.270 e. The third kappa shape index (κ3) is 4.24. The van der Waals surface area contributed by atoms with Gasteiger partial charge in [-0.3, -0.25) is 14.0 Å². The highest BCUT2D eigenvalue weighted by atomic mass is 19.1. The van der Waals surface area contributed by atoms with E-state index in [-0.39, 0.29) is 17.8 Å². The lowest BCUT2D eigenvalue weighted by molar-refractivity contribution is 0.0945. The van der Waals surface area contributed by atoms with Gasteiger partial charge in [0.15, 0.2) is 0 Å². The molecule has 0 aliphatic heterocycles. The molecule has 32 heavy (non-hydrogen) atoms. The zero-order valence-electron chi connectivity index (χ0n) is 17.4. The predicted molar refractivity (Wildman–Crippen MR) is 117 cm³/mol. The van der Waals surface area contributed by atoms with Crippen LogP contribution in [0.1, 0.15) is 34.6 Å². The molecule has 1 saturated carbocycles. The number of carbonyl (C=O) groups is 1. The molecule has 4 aromatic heterocycles. The fraction of sp³-hybridized carbons (Fsp3) is 0.304. The van der Waals surface area contributed by atoms with E-state index < -0.39 is 12.1 Å². The molecule has 0 unspecified atom stereocenters. The molecule has 0 radical (unpaired) electrons. The number of pyridine rings is 2. The lowest BCUT2D eigenvalue weighted by Crippen LogP contribution is -2.33. The summed E-state index contributed by atoms with van der Waals surface area (Å²) in [6, 6.07) is 10.3.